The average molecular weight is 478 g/mol. The number of benzodiazepines with no additional fused rings is 1. The second-order valence-corrected chi connectivity index (χ2v) is 8.16. The van der Waals surface area contributed by atoms with Crippen LogP contribution in [0.5, 0.6) is 11.5 Å². The molecule has 3 aromatic rings. The highest BCUT2D eigenvalue weighted by atomic mass is 35.5. The first kappa shape index (κ1) is 23.3. The Hall–Kier alpha value is -3.84. The fourth-order valence-electron chi connectivity index (χ4n) is 3.84. The normalized spacial score (nSPS) is 15.2. The van der Waals surface area contributed by atoms with Crippen molar-refractivity contribution in [2.24, 2.45) is 4.99 Å². The molecule has 0 spiro atoms. The van der Waals surface area contributed by atoms with Gasteiger partial charge in [0.05, 0.1) is 25.6 Å². The number of aliphatic imine (C=N–C) groups is 1. The van der Waals surface area contributed by atoms with E-state index in [1.165, 1.54) is 19.1 Å². The Balaban J connectivity index is 1.67. The molecule has 2 amide bonds. The van der Waals surface area contributed by atoms with Gasteiger partial charge in [0.15, 0.2) is 11.5 Å². The highest BCUT2D eigenvalue weighted by Gasteiger charge is 2.31. The van der Waals surface area contributed by atoms with Crippen LogP contribution >= 0.6 is 11.6 Å². The molecule has 0 saturated heterocycles. The van der Waals surface area contributed by atoms with Crippen LogP contribution in [0.15, 0.2) is 71.7 Å². The first-order valence-electron chi connectivity index (χ1n) is 10.7. The number of nitrogens with one attached hydrogen (secondary N) is 1. The van der Waals surface area contributed by atoms with Crippen LogP contribution in [0.3, 0.4) is 0 Å². The maximum absolute atomic E-state index is 13.3. The van der Waals surface area contributed by atoms with Gasteiger partial charge in [-0.25, -0.2) is 0 Å². The third kappa shape index (κ3) is 4.75. The Morgan fingerprint density at radius 2 is 1.76 bits per heavy atom. The van der Waals surface area contributed by atoms with Gasteiger partial charge in [0.2, 0.25) is 5.91 Å². The SMILES string of the molecule is COc1ccc(NC(=O)CN2C(=O)C(C)N=C(c3ccccc3)c3cc(Cl)ccc32)cc1OC. The zero-order valence-corrected chi connectivity index (χ0v) is 19.8. The van der Waals surface area contributed by atoms with Crippen LogP contribution in [0, 0.1) is 0 Å². The van der Waals surface area contributed by atoms with Crippen LogP contribution in [-0.2, 0) is 9.59 Å². The standard InChI is InChI=1S/C26H24ClN3O4/c1-16-26(32)30(15-24(31)29-19-10-12-22(33-2)23(14-19)34-3)21-11-9-18(27)13-20(21)25(28-16)17-7-5-4-6-8-17/h4-14,16H,15H2,1-3H3,(H,29,31). The van der Waals surface area contributed by atoms with Crippen molar-refractivity contribution >= 4 is 40.5 Å². The summed E-state index contributed by atoms with van der Waals surface area (Å²) in [6.45, 7) is 1.53. The smallest absolute Gasteiger partial charge is 0.252 e. The van der Waals surface area contributed by atoms with Crippen LogP contribution in [0.4, 0.5) is 11.4 Å². The van der Waals surface area contributed by atoms with E-state index in [1.807, 2.05) is 30.3 Å². The maximum atomic E-state index is 13.3. The summed E-state index contributed by atoms with van der Waals surface area (Å²) in [6, 6.07) is 19.2. The lowest BCUT2D eigenvalue weighted by molar-refractivity contribution is -0.122. The molecule has 0 fully saturated rings. The molecule has 1 N–H and O–H groups in total. The number of carbonyl (C=O) groups excluding carboxylic acids is 2. The summed E-state index contributed by atoms with van der Waals surface area (Å²) in [7, 11) is 3.06. The summed E-state index contributed by atoms with van der Waals surface area (Å²) in [5, 5.41) is 3.34. The molecule has 174 valence electrons. The molecular formula is C26H24ClN3O4. The maximum Gasteiger partial charge on any atom is 0.252 e. The van der Waals surface area contributed by atoms with Crippen LogP contribution in [0.1, 0.15) is 18.1 Å². The average Bonchev–Trinajstić information content (AvgIpc) is 2.94. The van der Waals surface area contributed by atoms with E-state index < -0.39 is 6.04 Å². The third-order valence-corrected chi connectivity index (χ3v) is 5.70. The summed E-state index contributed by atoms with van der Waals surface area (Å²) >= 11 is 6.31. The fraction of sp³-hybridized carbons (Fsp3) is 0.192. The largest absolute Gasteiger partial charge is 0.493 e. The van der Waals surface area contributed by atoms with E-state index >= 15 is 0 Å². The van der Waals surface area contributed by atoms with E-state index in [4.69, 9.17) is 26.1 Å². The molecule has 0 radical (unpaired) electrons. The molecule has 1 atom stereocenters. The van der Waals surface area contributed by atoms with Gasteiger partial charge in [-0.2, -0.15) is 0 Å². The monoisotopic (exact) mass is 477 g/mol. The van der Waals surface area contributed by atoms with Crippen LogP contribution in [0.25, 0.3) is 0 Å². The van der Waals surface area contributed by atoms with Crippen molar-refractivity contribution in [3.8, 4) is 11.5 Å². The summed E-state index contributed by atoms with van der Waals surface area (Å²) in [5.41, 5.74) is 3.30. The van der Waals surface area contributed by atoms with Gasteiger partial charge in [-0.1, -0.05) is 41.9 Å². The summed E-state index contributed by atoms with van der Waals surface area (Å²) in [4.78, 5) is 32.4. The van der Waals surface area contributed by atoms with Crippen molar-refractivity contribution < 1.29 is 19.1 Å². The van der Waals surface area contributed by atoms with Gasteiger partial charge >= 0.3 is 0 Å². The molecule has 1 aliphatic rings. The number of anilines is 2. The van der Waals surface area contributed by atoms with Crippen LogP contribution in [0.2, 0.25) is 5.02 Å². The van der Waals surface area contributed by atoms with Crippen molar-refractivity contribution in [2.45, 2.75) is 13.0 Å². The number of hydrogen-bond acceptors (Lipinski definition) is 5. The van der Waals surface area contributed by atoms with Gasteiger partial charge < -0.3 is 19.7 Å². The van der Waals surface area contributed by atoms with E-state index in [2.05, 4.69) is 5.32 Å². The number of ether oxygens (including phenoxy) is 2. The number of halogens is 1. The van der Waals surface area contributed by atoms with Crippen LogP contribution < -0.4 is 19.7 Å². The Labute approximate surface area is 203 Å². The van der Waals surface area contributed by atoms with Gasteiger partial charge in [0.25, 0.3) is 5.91 Å². The zero-order valence-electron chi connectivity index (χ0n) is 19.0. The van der Waals surface area contributed by atoms with Crippen molar-refractivity contribution in [3.63, 3.8) is 0 Å². The first-order valence-corrected chi connectivity index (χ1v) is 11.1. The van der Waals surface area contributed by atoms with E-state index in [1.54, 1.807) is 43.3 Å². The van der Waals surface area contributed by atoms with E-state index in [0.717, 1.165) is 5.56 Å². The number of nitrogens with zero attached hydrogens (tertiary/aromatic N) is 2. The Morgan fingerprint density at radius 3 is 2.47 bits per heavy atom. The lowest BCUT2D eigenvalue weighted by atomic mass is 10.00. The number of fused-ring (bicyclic) bond motifs is 1. The van der Waals surface area contributed by atoms with Crippen molar-refractivity contribution in [3.05, 3.63) is 82.9 Å². The van der Waals surface area contributed by atoms with Gasteiger partial charge in [0.1, 0.15) is 12.6 Å². The number of methoxy groups -OCH3 is 2. The molecule has 0 aliphatic carbocycles. The quantitative estimate of drug-likeness (QED) is 0.564. The molecule has 1 unspecified atom stereocenters. The topological polar surface area (TPSA) is 80.2 Å². The molecule has 3 aromatic carbocycles. The summed E-state index contributed by atoms with van der Waals surface area (Å²) in [5.74, 6) is 0.392. The summed E-state index contributed by atoms with van der Waals surface area (Å²) < 4.78 is 10.5. The molecular weight excluding hydrogens is 454 g/mol. The highest BCUT2D eigenvalue weighted by Crippen LogP contribution is 2.32. The van der Waals surface area contributed by atoms with Crippen LogP contribution in [-0.4, -0.2) is 44.3 Å². The molecule has 0 bridgehead atoms. The second kappa shape index (κ2) is 9.97. The first-order chi connectivity index (χ1) is 16.4. The minimum absolute atomic E-state index is 0.191. The second-order valence-electron chi connectivity index (χ2n) is 7.72. The molecule has 7 nitrogen and oxygen atoms in total. The molecule has 4 rings (SSSR count). The molecule has 1 aliphatic heterocycles. The van der Waals surface area contributed by atoms with Gasteiger partial charge in [-0.3, -0.25) is 14.6 Å². The molecule has 0 aromatic heterocycles. The minimum Gasteiger partial charge on any atom is -0.493 e. The molecule has 0 saturated carbocycles. The van der Waals surface area contributed by atoms with Gasteiger partial charge in [-0.15, -0.1) is 0 Å². The minimum atomic E-state index is -0.685. The van der Waals surface area contributed by atoms with E-state index in [0.29, 0.717) is 39.2 Å². The third-order valence-electron chi connectivity index (χ3n) is 5.47. The fourth-order valence-corrected chi connectivity index (χ4v) is 4.02. The van der Waals surface area contributed by atoms with E-state index in [-0.39, 0.29) is 18.4 Å². The van der Waals surface area contributed by atoms with Crippen molar-refractivity contribution in [2.75, 3.05) is 31.0 Å². The van der Waals surface area contributed by atoms with Gasteiger partial charge in [0, 0.05) is 27.9 Å². The predicted octanol–water partition coefficient (Wildman–Crippen LogP) is 4.57. The number of benzene rings is 3. The van der Waals surface area contributed by atoms with E-state index in [9.17, 15) is 9.59 Å². The van der Waals surface area contributed by atoms with Crippen molar-refractivity contribution in [1.29, 1.82) is 0 Å². The number of rotatable bonds is 6. The Morgan fingerprint density at radius 1 is 1.03 bits per heavy atom. The Bertz CT molecular complexity index is 1260. The number of hydrogen-bond donors (Lipinski definition) is 1. The molecule has 34 heavy (non-hydrogen) atoms. The predicted molar refractivity (Wildman–Crippen MR) is 134 cm³/mol. The van der Waals surface area contributed by atoms with Crippen molar-refractivity contribution in [1.82, 2.24) is 0 Å². The zero-order chi connectivity index (χ0) is 24.2. The summed E-state index contributed by atoms with van der Waals surface area (Å²) in [6.07, 6.45) is 0. The highest BCUT2D eigenvalue weighted by molar-refractivity contribution is 6.32. The van der Waals surface area contributed by atoms with Gasteiger partial charge in [-0.05, 0) is 37.3 Å². The molecule has 8 heteroatoms. The lowest BCUT2D eigenvalue weighted by Gasteiger charge is -2.24. The number of amides is 2. The lowest BCUT2D eigenvalue weighted by Crippen LogP contribution is -2.42. The molecule has 1 heterocycles. The number of carbonyl (C=O) groups is 2. The Kier molecular flexibility index (Phi) is 6.84.